The Labute approximate surface area is 77.9 Å². The highest BCUT2D eigenvalue weighted by Crippen LogP contribution is 2.29. The van der Waals surface area contributed by atoms with Gasteiger partial charge in [-0.1, -0.05) is 20.8 Å². The van der Waals surface area contributed by atoms with Crippen molar-refractivity contribution in [2.45, 2.75) is 33.1 Å². The molecule has 2 heteroatoms. The molecule has 1 aromatic heterocycles. The van der Waals surface area contributed by atoms with Gasteiger partial charge >= 0.3 is 0 Å². The summed E-state index contributed by atoms with van der Waals surface area (Å²) >= 11 is 1.72. The monoisotopic (exact) mass is 181 g/mol. The first-order chi connectivity index (χ1) is 5.41. The van der Waals surface area contributed by atoms with Crippen molar-refractivity contribution < 1.29 is 0 Å². The molecule has 12 heavy (non-hydrogen) atoms. The maximum atomic E-state index is 7.46. The zero-order valence-corrected chi connectivity index (χ0v) is 8.88. The van der Waals surface area contributed by atoms with Gasteiger partial charge in [-0.2, -0.15) is 0 Å². The van der Waals surface area contributed by atoms with Gasteiger partial charge in [0.25, 0.3) is 0 Å². The van der Waals surface area contributed by atoms with Gasteiger partial charge in [0.05, 0.1) is 0 Å². The van der Waals surface area contributed by atoms with E-state index in [1.165, 1.54) is 4.88 Å². The van der Waals surface area contributed by atoms with Crippen LogP contribution >= 0.6 is 11.3 Å². The van der Waals surface area contributed by atoms with E-state index in [9.17, 15) is 0 Å². The maximum absolute atomic E-state index is 7.46. The standard InChI is InChI=1S/C10H15NS/c1-7(11)8-5-6-9(12-8)10(2,3)4/h5-6,11H,1-4H3. The van der Waals surface area contributed by atoms with E-state index in [0.29, 0.717) is 5.71 Å². The predicted molar refractivity (Wildman–Crippen MR) is 55.5 cm³/mol. The van der Waals surface area contributed by atoms with Crippen LogP contribution in [0.15, 0.2) is 12.1 Å². The third kappa shape index (κ3) is 1.95. The van der Waals surface area contributed by atoms with E-state index in [4.69, 9.17) is 5.41 Å². The first-order valence-corrected chi connectivity index (χ1v) is 4.89. The minimum Gasteiger partial charge on any atom is -0.304 e. The lowest BCUT2D eigenvalue weighted by atomic mass is 9.95. The number of rotatable bonds is 1. The van der Waals surface area contributed by atoms with Gasteiger partial charge in [-0.3, -0.25) is 0 Å². The van der Waals surface area contributed by atoms with Crippen LogP contribution in [-0.2, 0) is 5.41 Å². The molecule has 1 rings (SSSR count). The molecule has 0 spiro atoms. The van der Waals surface area contributed by atoms with Gasteiger partial charge < -0.3 is 5.41 Å². The average molecular weight is 181 g/mol. The van der Waals surface area contributed by atoms with E-state index in [0.717, 1.165) is 4.88 Å². The summed E-state index contributed by atoms with van der Waals surface area (Å²) < 4.78 is 0. The molecule has 1 heterocycles. The highest BCUT2D eigenvalue weighted by atomic mass is 32.1. The first kappa shape index (κ1) is 9.46. The topological polar surface area (TPSA) is 23.9 Å². The van der Waals surface area contributed by atoms with Crippen LogP contribution in [0.1, 0.15) is 37.4 Å². The quantitative estimate of drug-likeness (QED) is 0.642. The molecule has 0 aliphatic heterocycles. The van der Waals surface area contributed by atoms with Crippen LogP contribution in [-0.4, -0.2) is 5.71 Å². The molecule has 0 atom stereocenters. The summed E-state index contributed by atoms with van der Waals surface area (Å²) in [7, 11) is 0. The third-order valence-electron chi connectivity index (χ3n) is 1.71. The third-order valence-corrected chi connectivity index (χ3v) is 3.35. The summed E-state index contributed by atoms with van der Waals surface area (Å²) in [6, 6.07) is 4.16. The van der Waals surface area contributed by atoms with Crippen molar-refractivity contribution in [1.82, 2.24) is 0 Å². The largest absolute Gasteiger partial charge is 0.304 e. The average Bonchev–Trinajstić information content (AvgIpc) is 2.30. The number of hydrogen-bond acceptors (Lipinski definition) is 2. The number of hydrogen-bond donors (Lipinski definition) is 1. The Morgan fingerprint density at radius 1 is 1.33 bits per heavy atom. The van der Waals surface area contributed by atoms with Gasteiger partial charge in [0, 0.05) is 15.5 Å². The molecule has 1 aromatic rings. The zero-order chi connectivity index (χ0) is 9.35. The van der Waals surface area contributed by atoms with Gasteiger partial charge in [-0.05, 0) is 24.5 Å². The molecule has 0 aliphatic carbocycles. The van der Waals surface area contributed by atoms with Gasteiger partial charge in [-0.25, -0.2) is 0 Å². The number of nitrogens with one attached hydrogen (secondary N) is 1. The van der Waals surface area contributed by atoms with Crippen molar-refractivity contribution in [2.75, 3.05) is 0 Å². The van der Waals surface area contributed by atoms with E-state index < -0.39 is 0 Å². The SMILES string of the molecule is CC(=N)c1ccc(C(C)(C)C)s1. The van der Waals surface area contributed by atoms with Crippen LogP contribution in [0, 0.1) is 5.41 Å². The van der Waals surface area contributed by atoms with Crippen molar-refractivity contribution >= 4 is 17.0 Å². The first-order valence-electron chi connectivity index (χ1n) is 4.07. The van der Waals surface area contributed by atoms with E-state index in [1.807, 2.05) is 13.0 Å². The highest BCUT2D eigenvalue weighted by Gasteiger charge is 2.16. The Bertz CT molecular complexity index is 291. The Kier molecular flexibility index (Phi) is 2.38. The summed E-state index contributed by atoms with van der Waals surface area (Å²) in [5.41, 5.74) is 0.883. The van der Waals surface area contributed by atoms with Crippen LogP contribution in [0.25, 0.3) is 0 Å². The molecule has 1 N–H and O–H groups in total. The summed E-state index contributed by atoms with van der Waals surface area (Å²) in [4.78, 5) is 2.43. The second-order valence-electron chi connectivity index (χ2n) is 4.04. The fourth-order valence-corrected chi connectivity index (χ4v) is 1.91. The van der Waals surface area contributed by atoms with E-state index in [2.05, 4.69) is 26.8 Å². The Morgan fingerprint density at radius 3 is 2.17 bits per heavy atom. The Morgan fingerprint density at radius 2 is 1.92 bits per heavy atom. The van der Waals surface area contributed by atoms with Crippen molar-refractivity contribution in [3.63, 3.8) is 0 Å². The Hall–Kier alpha value is -0.630. The molecule has 0 fully saturated rings. The van der Waals surface area contributed by atoms with Gasteiger partial charge in [0.1, 0.15) is 0 Å². The molecule has 0 aromatic carbocycles. The van der Waals surface area contributed by atoms with Crippen LogP contribution in [0.3, 0.4) is 0 Å². The van der Waals surface area contributed by atoms with Crippen molar-refractivity contribution in [3.05, 3.63) is 21.9 Å². The smallest absolute Gasteiger partial charge is 0.0478 e. The maximum Gasteiger partial charge on any atom is 0.0478 e. The molecular weight excluding hydrogens is 166 g/mol. The molecule has 0 radical (unpaired) electrons. The fourth-order valence-electron chi connectivity index (χ4n) is 0.943. The van der Waals surface area contributed by atoms with Crippen LogP contribution in [0.2, 0.25) is 0 Å². The van der Waals surface area contributed by atoms with Crippen LogP contribution in [0.4, 0.5) is 0 Å². The summed E-state index contributed by atoms with van der Waals surface area (Å²) in [6.07, 6.45) is 0. The highest BCUT2D eigenvalue weighted by molar-refractivity contribution is 7.14. The molecule has 0 saturated carbocycles. The second-order valence-corrected chi connectivity index (χ2v) is 5.12. The lowest BCUT2D eigenvalue weighted by molar-refractivity contribution is 0.604. The van der Waals surface area contributed by atoms with Gasteiger partial charge in [0.15, 0.2) is 0 Å². The van der Waals surface area contributed by atoms with Crippen LogP contribution in [0.5, 0.6) is 0 Å². The Balaban J connectivity index is 3.00. The molecule has 0 aliphatic rings. The summed E-state index contributed by atoms with van der Waals surface area (Å²) in [5, 5.41) is 7.46. The normalized spacial score (nSPS) is 11.7. The molecule has 0 unspecified atom stereocenters. The van der Waals surface area contributed by atoms with Crippen molar-refractivity contribution in [2.24, 2.45) is 0 Å². The molecule has 0 amide bonds. The number of thiophene rings is 1. The minimum absolute atomic E-state index is 0.221. The second kappa shape index (κ2) is 3.02. The lowest BCUT2D eigenvalue weighted by Crippen LogP contribution is -2.07. The van der Waals surface area contributed by atoms with Gasteiger partial charge in [0.2, 0.25) is 0 Å². The lowest BCUT2D eigenvalue weighted by Gasteiger charge is -2.15. The summed E-state index contributed by atoms with van der Waals surface area (Å²) in [6.45, 7) is 8.42. The molecular formula is C10H15NS. The van der Waals surface area contributed by atoms with Crippen molar-refractivity contribution in [3.8, 4) is 0 Å². The molecule has 0 bridgehead atoms. The van der Waals surface area contributed by atoms with Crippen molar-refractivity contribution in [1.29, 1.82) is 5.41 Å². The van der Waals surface area contributed by atoms with E-state index in [-0.39, 0.29) is 5.41 Å². The zero-order valence-electron chi connectivity index (χ0n) is 8.06. The molecule has 66 valence electrons. The minimum atomic E-state index is 0.221. The predicted octanol–water partition coefficient (Wildman–Crippen LogP) is 3.43. The fraction of sp³-hybridized carbons (Fsp3) is 0.500. The van der Waals surface area contributed by atoms with Gasteiger partial charge in [-0.15, -0.1) is 11.3 Å². The summed E-state index contributed by atoms with van der Waals surface area (Å²) in [5.74, 6) is 0. The molecule has 1 nitrogen and oxygen atoms in total. The van der Waals surface area contributed by atoms with E-state index in [1.54, 1.807) is 11.3 Å². The van der Waals surface area contributed by atoms with E-state index >= 15 is 0 Å². The van der Waals surface area contributed by atoms with Crippen LogP contribution < -0.4 is 0 Å². The molecule has 0 saturated heterocycles.